The van der Waals surface area contributed by atoms with Gasteiger partial charge in [0, 0.05) is 4.88 Å². The fourth-order valence-electron chi connectivity index (χ4n) is 2.13. The molecule has 7 heteroatoms. The Morgan fingerprint density at radius 3 is 2.70 bits per heavy atom. The number of nitrogen functional groups attached to an aromatic ring is 1. The van der Waals surface area contributed by atoms with E-state index in [4.69, 9.17) is 5.73 Å². The van der Waals surface area contributed by atoms with Crippen molar-refractivity contribution in [3.05, 3.63) is 43.9 Å². The fraction of sp³-hybridized carbons (Fsp3) is 0.308. The highest BCUT2D eigenvalue weighted by Crippen LogP contribution is 2.34. The Morgan fingerprint density at radius 1 is 1.45 bits per heavy atom. The predicted molar refractivity (Wildman–Crippen MR) is 81.1 cm³/mol. The normalized spacial score (nSPS) is 12.2. The highest BCUT2D eigenvalue weighted by molar-refractivity contribution is 7.11. The van der Waals surface area contributed by atoms with E-state index in [0.717, 1.165) is 15.6 Å². The molecule has 0 bridgehead atoms. The van der Waals surface area contributed by atoms with Crippen molar-refractivity contribution >= 4 is 28.4 Å². The van der Waals surface area contributed by atoms with Gasteiger partial charge in [-0.3, -0.25) is 10.1 Å². The number of nitro groups is 1. The molecule has 0 saturated carbocycles. The number of thiazole rings is 1. The predicted octanol–water partition coefficient (Wildman–Crippen LogP) is 3.42. The molecule has 0 spiro atoms. The van der Waals surface area contributed by atoms with Crippen LogP contribution in [0.1, 0.15) is 28.5 Å². The van der Waals surface area contributed by atoms with Crippen molar-refractivity contribution in [1.82, 2.24) is 4.98 Å². The summed E-state index contributed by atoms with van der Waals surface area (Å²) in [6.45, 7) is 5.83. The van der Waals surface area contributed by atoms with Crippen molar-refractivity contribution in [2.24, 2.45) is 0 Å². The van der Waals surface area contributed by atoms with Crippen molar-refractivity contribution in [1.29, 1.82) is 0 Å². The van der Waals surface area contributed by atoms with Crippen molar-refractivity contribution in [2.45, 2.75) is 26.8 Å². The molecule has 1 aromatic carbocycles. The number of hydrogen-bond donors (Lipinski definition) is 2. The molecule has 0 aliphatic carbocycles. The first-order valence-electron chi connectivity index (χ1n) is 6.13. The molecule has 2 rings (SSSR count). The molecule has 1 heterocycles. The number of nitrogens with zero attached hydrogens (tertiary/aromatic N) is 2. The number of anilines is 2. The summed E-state index contributed by atoms with van der Waals surface area (Å²) in [4.78, 5) is 16.1. The number of nitro benzene ring substituents is 1. The molecule has 3 N–H and O–H groups in total. The van der Waals surface area contributed by atoms with Gasteiger partial charge in [-0.2, -0.15) is 0 Å². The fourth-order valence-corrected chi connectivity index (χ4v) is 3.06. The second kappa shape index (κ2) is 5.46. The molecule has 0 amide bonds. The Hall–Kier alpha value is -2.15. The topological polar surface area (TPSA) is 94.1 Å². The summed E-state index contributed by atoms with van der Waals surface area (Å²) >= 11 is 1.59. The number of aromatic nitrogens is 1. The van der Waals surface area contributed by atoms with Crippen LogP contribution in [0.15, 0.2) is 18.2 Å². The van der Waals surface area contributed by atoms with Gasteiger partial charge in [0.2, 0.25) is 0 Å². The van der Waals surface area contributed by atoms with Crippen LogP contribution in [0.3, 0.4) is 0 Å². The van der Waals surface area contributed by atoms with E-state index in [1.807, 2.05) is 20.8 Å². The van der Waals surface area contributed by atoms with Crippen LogP contribution < -0.4 is 11.1 Å². The van der Waals surface area contributed by atoms with Gasteiger partial charge in [0.05, 0.1) is 21.7 Å². The third kappa shape index (κ3) is 2.72. The molecular weight excluding hydrogens is 276 g/mol. The lowest BCUT2D eigenvalue weighted by molar-refractivity contribution is -0.383. The second-order valence-corrected chi connectivity index (χ2v) is 5.78. The van der Waals surface area contributed by atoms with Gasteiger partial charge in [0.25, 0.3) is 0 Å². The summed E-state index contributed by atoms with van der Waals surface area (Å²) in [5.41, 5.74) is 7.12. The van der Waals surface area contributed by atoms with Crippen LogP contribution in [0.4, 0.5) is 17.1 Å². The van der Waals surface area contributed by atoms with Crippen molar-refractivity contribution in [3.8, 4) is 0 Å². The molecule has 0 aliphatic heterocycles. The van der Waals surface area contributed by atoms with E-state index >= 15 is 0 Å². The zero-order valence-corrected chi connectivity index (χ0v) is 12.3. The molecule has 0 radical (unpaired) electrons. The molecule has 6 nitrogen and oxygen atoms in total. The van der Waals surface area contributed by atoms with Gasteiger partial charge >= 0.3 is 5.69 Å². The first kappa shape index (κ1) is 14.3. The molecule has 1 atom stereocenters. The van der Waals surface area contributed by atoms with Crippen molar-refractivity contribution in [2.75, 3.05) is 11.1 Å². The maximum atomic E-state index is 11.1. The number of nitrogens with two attached hydrogens (primary N) is 1. The number of aryl methyl sites for hydroxylation is 2. The maximum Gasteiger partial charge on any atom is 0.314 e. The van der Waals surface area contributed by atoms with E-state index in [2.05, 4.69) is 10.3 Å². The number of nitrogens with one attached hydrogen (secondary N) is 1. The van der Waals surface area contributed by atoms with Crippen LogP contribution in [0, 0.1) is 24.0 Å². The maximum absolute atomic E-state index is 11.1. The molecular formula is C13H16N4O2S. The second-order valence-electron chi connectivity index (χ2n) is 4.55. The zero-order valence-electron chi connectivity index (χ0n) is 11.5. The molecule has 1 aromatic heterocycles. The molecule has 0 fully saturated rings. The van der Waals surface area contributed by atoms with E-state index in [9.17, 15) is 10.1 Å². The van der Waals surface area contributed by atoms with Crippen molar-refractivity contribution < 1.29 is 4.92 Å². The average molecular weight is 292 g/mol. The van der Waals surface area contributed by atoms with E-state index in [1.165, 1.54) is 6.07 Å². The van der Waals surface area contributed by atoms with E-state index in [0.29, 0.717) is 5.69 Å². The molecule has 106 valence electrons. The van der Waals surface area contributed by atoms with Gasteiger partial charge in [0.15, 0.2) is 0 Å². The van der Waals surface area contributed by atoms with Crippen LogP contribution in [-0.2, 0) is 0 Å². The van der Waals surface area contributed by atoms with E-state index < -0.39 is 4.92 Å². The monoisotopic (exact) mass is 292 g/mol. The first-order valence-corrected chi connectivity index (χ1v) is 6.95. The summed E-state index contributed by atoms with van der Waals surface area (Å²) in [6, 6.07) is 4.81. The Morgan fingerprint density at radius 2 is 2.15 bits per heavy atom. The number of hydrogen-bond acceptors (Lipinski definition) is 6. The van der Waals surface area contributed by atoms with Crippen LogP contribution in [-0.4, -0.2) is 9.91 Å². The highest BCUT2D eigenvalue weighted by atomic mass is 32.1. The quantitative estimate of drug-likeness (QED) is 0.511. The minimum absolute atomic E-state index is 0.0679. The van der Waals surface area contributed by atoms with Gasteiger partial charge in [-0.25, -0.2) is 4.98 Å². The summed E-state index contributed by atoms with van der Waals surface area (Å²) < 4.78 is 0. The van der Waals surface area contributed by atoms with E-state index in [-0.39, 0.29) is 17.4 Å². The van der Waals surface area contributed by atoms with Crippen molar-refractivity contribution in [3.63, 3.8) is 0 Å². The smallest absolute Gasteiger partial charge is 0.314 e. The SMILES string of the molecule is Cc1nc(C)c(C(C)Nc2cccc(N)c2[N+](=O)[O-])s1. The first-order chi connectivity index (χ1) is 9.40. The highest BCUT2D eigenvalue weighted by Gasteiger charge is 2.21. The minimum atomic E-state index is -0.463. The van der Waals surface area contributed by atoms with Gasteiger partial charge in [-0.1, -0.05) is 6.07 Å². The van der Waals surface area contributed by atoms with Crippen LogP contribution >= 0.6 is 11.3 Å². The minimum Gasteiger partial charge on any atom is -0.393 e. The van der Waals surface area contributed by atoms with Gasteiger partial charge < -0.3 is 11.1 Å². The number of benzene rings is 1. The van der Waals surface area contributed by atoms with Gasteiger partial charge in [0.1, 0.15) is 11.4 Å². The standard InChI is InChI=1S/C13H16N4O2S/c1-7-13(20-9(3)15-7)8(2)16-11-6-4-5-10(14)12(11)17(18)19/h4-6,8,16H,14H2,1-3H3. The third-order valence-corrected chi connectivity index (χ3v) is 4.21. The largest absolute Gasteiger partial charge is 0.393 e. The Labute approximate surface area is 120 Å². The number of rotatable bonds is 4. The molecule has 20 heavy (non-hydrogen) atoms. The van der Waals surface area contributed by atoms with Crippen LogP contribution in [0.2, 0.25) is 0 Å². The van der Waals surface area contributed by atoms with Crippen LogP contribution in [0.5, 0.6) is 0 Å². The average Bonchev–Trinajstić information content (AvgIpc) is 2.68. The Balaban J connectivity index is 2.33. The summed E-state index contributed by atoms with van der Waals surface area (Å²) in [6.07, 6.45) is 0. The lowest BCUT2D eigenvalue weighted by Gasteiger charge is -2.15. The zero-order chi connectivity index (χ0) is 14.9. The third-order valence-electron chi connectivity index (χ3n) is 2.95. The summed E-state index contributed by atoms with van der Waals surface area (Å²) in [7, 11) is 0. The van der Waals surface area contributed by atoms with E-state index in [1.54, 1.807) is 23.5 Å². The van der Waals surface area contributed by atoms with Crippen LogP contribution in [0.25, 0.3) is 0 Å². The lowest BCUT2D eigenvalue weighted by atomic mass is 10.2. The molecule has 2 aromatic rings. The molecule has 0 saturated heterocycles. The molecule has 1 unspecified atom stereocenters. The lowest BCUT2D eigenvalue weighted by Crippen LogP contribution is -2.09. The Kier molecular flexibility index (Phi) is 3.89. The molecule has 0 aliphatic rings. The summed E-state index contributed by atoms with van der Waals surface area (Å²) in [5.74, 6) is 0. The van der Waals surface area contributed by atoms with Gasteiger partial charge in [-0.15, -0.1) is 11.3 Å². The van der Waals surface area contributed by atoms with Gasteiger partial charge in [-0.05, 0) is 32.9 Å². The summed E-state index contributed by atoms with van der Waals surface area (Å²) in [5, 5.41) is 15.2. The number of para-hydroxylation sites is 1. The Bertz CT molecular complexity index is 654.